The SMILES string of the molecule is [3H]c1c([3H])c([3H])c(NC)c([3H])c1[3H]. The molecule has 8 heavy (non-hydrogen) atoms. The van der Waals surface area contributed by atoms with Crippen molar-refractivity contribution in [3.63, 3.8) is 0 Å². The van der Waals surface area contributed by atoms with Gasteiger partial charge in [0.2, 0.25) is 0 Å². The summed E-state index contributed by atoms with van der Waals surface area (Å²) in [6.07, 6.45) is 0. The van der Waals surface area contributed by atoms with Crippen LogP contribution in [0.4, 0.5) is 5.69 Å². The van der Waals surface area contributed by atoms with E-state index in [4.69, 9.17) is 6.85 Å². The third kappa shape index (κ3) is 0.997. The van der Waals surface area contributed by atoms with Crippen molar-refractivity contribution in [2.45, 2.75) is 0 Å². The average Bonchev–Trinajstić information content (AvgIpc) is 2.13. The molecule has 0 aliphatic rings. The number of hydrogen-bond acceptors (Lipinski definition) is 1. The van der Waals surface area contributed by atoms with Crippen LogP contribution in [0.2, 0.25) is 0 Å². The standard InChI is InChI=1S/C7H9N/c1-8-7-5-3-2-4-6-7/h2-6,8H,1H3/i2T,3T,4T,5T,6T. The third-order valence-electron chi connectivity index (χ3n) is 0.750. The molecule has 0 amide bonds. The Morgan fingerprint density at radius 3 is 2.50 bits per heavy atom. The number of rotatable bonds is 1. The molecular weight excluding hydrogens is 98.1 g/mol. The number of hydrogen-bond donors (Lipinski definition) is 1. The number of benzene rings is 1. The molecule has 0 fully saturated rings. The molecule has 1 nitrogen and oxygen atoms in total. The fourth-order valence-electron chi connectivity index (χ4n) is 0.375. The Kier molecular flexibility index (Phi) is 0.519. The van der Waals surface area contributed by atoms with E-state index in [1.807, 2.05) is 0 Å². The fourth-order valence-corrected chi connectivity index (χ4v) is 0.375. The molecule has 1 aromatic carbocycles. The summed E-state index contributed by atoms with van der Waals surface area (Å²) in [6.45, 7) is 0. The fraction of sp³-hybridized carbons (Fsp3) is 0.143. The maximum Gasteiger partial charge on any atom is 0.0645 e. The van der Waals surface area contributed by atoms with E-state index in [2.05, 4.69) is 5.32 Å². The van der Waals surface area contributed by atoms with Gasteiger partial charge in [-0.3, -0.25) is 0 Å². The van der Waals surface area contributed by atoms with E-state index in [1.165, 1.54) is 7.05 Å². The second-order valence-corrected chi connectivity index (χ2v) is 1.25. The molecular formula is C7H9N. The summed E-state index contributed by atoms with van der Waals surface area (Å²) in [4.78, 5) is 0. The first-order valence-electron chi connectivity index (χ1n) is 4.75. The van der Waals surface area contributed by atoms with Crippen LogP contribution in [0.15, 0.2) is 30.2 Å². The van der Waals surface area contributed by atoms with Crippen LogP contribution in [0.3, 0.4) is 0 Å². The Morgan fingerprint density at radius 1 is 1.38 bits per heavy atom. The highest BCUT2D eigenvalue weighted by Gasteiger charge is 1.77. The summed E-state index contributed by atoms with van der Waals surface area (Å²) < 4.78 is 36.7. The van der Waals surface area contributed by atoms with Crippen molar-refractivity contribution < 1.29 is 6.85 Å². The molecule has 0 unspecified atom stereocenters. The molecule has 0 saturated heterocycles. The molecule has 0 bridgehead atoms. The Hall–Kier alpha value is -0.980. The van der Waals surface area contributed by atoms with E-state index in [-0.39, 0.29) is 35.9 Å². The van der Waals surface area contributed by atoms with Crippen LogP contribution < -0.4 is 5.32 Å². The third-order valence-corrected chi connectivity index (χ3v) is 0.750. The summed E-state index contributed by atoms with van der Waals surface area (Å²) >= 11 is 0. The second-order valence-electron chi connectivity index (χ2n) is 1.25. The van der Waals surface area contributed by atoms with Crippen molar-refractivity contribution in [2.24, 2.45) is 0 Å². The van der Waals surface area contributed by atoms with Gasteiger partial charge in [-0.15, -0.1) is 0 Å². The molecule has 0 heterocycles. The lowest BCUT2D eigenvalue weighted by atomic mass is 10.3. The van der Waals surface area contributed by atoms with Gasteiger partial charge in [-0.1, -0.05) is 18.1 Å². The summed E-state index contributed by atoms with van der Waals surface area (Å²) in [7, 11) is 1.52. The summed E-state index contributed by atoms with van der Waals surface area (Å²) in [5.74, 6) is 0. The van der Waals surface area contributed by atoms with Gasteiger partial charge in [0.05, 0.1) is 6.85 Å². The van der Waals surface area contributed by atoms with Gasteiger partial charge < -0.3 is 5.32 Å². The Labute approximate surface area is 56.4 Å². The van der Waals surface area contributed by atoms with Crippen molar-refractivity contribution in [3.05, 3.63) is 30.2 Å². The molecule has 0 radical (unpaired) electrons. The van der Waals surface area contributed by atoms with Crippen LogP contribution in [-0.4, -0.2) is 7.05 Å². The van der Waals surface area contributed by atoms with Crippen molar-refractivity contribution in [3.8, 4) is 0 Å². The van der Waals surface area contributed by atoms with Crippen LogP contribution in [0.5, 0.6) is 0 Å². The van der Waals surface area contributed by atoms with Gasteiger partial charge in [0.1, 0.15) is 0 Å². The lowest BCUT2D eigenvalue weighted by Gasteiger charge is -1.94. The van der Waals surface area contributed by atoms with Crippen LogP contribution >= 0.6 is 0 Å². The number of nitrogens with one attached hydrogen (secondary N) is 1. The minimum absolute atomic E-state index is 0.131. The summed E-state index contributed by atoms with van der Waals surface area (Å²) in [5, 5.41) is 2.57. The minimum Gasteiger partial charge on any atom is -0.388 e. The Bertz CT molecular complexity index is 320. The van der Waals surface area contributed by atoms with Crippen molar-refractivity contribution in [1.82, 2.24) is 0 Å². The Balaban J connectivity index is 3.56. The summed E-state index contributed by atoms with van der Waals surface area (Å²) in [5.41, 5.74) is 0.131. The molecule has 0 aliphatic heterocycles. The molecule has 0 saturated carbocycles. The van der Waals surface area contributed by atoms with Crippen LogP contribution in [0, 0.1) is 0 Å². The van der Waals surface area contributed by atoms with Crippen molar-refractivity contribution in [1.29, 1.82) is 0 Å². The minimum atomic E-state index is -0.367. The van der Waals surface area contributed by atoms with Gasteiger partial charge in [0, 0.05) is 12.7 Å². The Morgan fingerprint density at radius 2 is 2.00 bits per heavy atom. The molecule has 1 rings (SSSR count). The van der Waals surface area contributed by atoms with Crippen LogP contribution in [0.25, 0.3) is 0 Å². The lowest BCUT2D eigenvalue weighted by Crippen LogP contribution is -1.84. The van der Waals surface area contributed by atoms with Crippen LogP contribution in [-0.2, 0) is 0 Å². The van der Waals surface area contributed by atoms with Gasteiger partial charge >= 0.3 is 0 Å². The molecule has 1 aromatic rings. The normalized spacial score (nSPS) is 17.4. The molecule has 0 aromatic heterocycles. The largest absolute Gasteiger partial charge is 0.388 e. The van der Waals surface area contributed by atoms with Gasteiger partial charge in [-0.05, 0) is 12.1 Å². The van der Waals surface area contributed by atoms with Gasteiger partial charge in [-0.2, -0.15) is 0 Å². The zero-order chi connectivity index (χ0) is 10.2. The second kappa shape index (κ2) is 2.36. The van der Waals surface area contributed by atoms with Crippen molar-refractivity contribution >= 4 is 5.69 Å². The molecule has 0 atom stereocenters. The van der Waals surface area contributed by atoms with Gasteiger partial charge in [0.15, 0.2) is 0 Å². The van der Waals surface area contributed by atoms with E-state index < -0.39 is 0 Å². The van der Waals surface area contributed by atoms with Gasteiger partial charge in [-0.25, -0.2) is 0 Å². The van der Waals surface area contributed by atoms with Crippen molar-refractivity contribution in [2.75, 3.05) is 12.4 Å². The zero-order valence-electron chi connectivity index (χ0n) is 9.50. The smallest absolute Gasteiger partial charge is 0.0645 e. The first-order valence-corrected chi connectivity index (χ1v) is 2.25. The predicted octanol–water partition coefficient (Wildman–Crippen LogP) is 1.73. The van der Waals surface area contributed by atoms with E-state index in [9.17, 15) is 0 Å². The lowest BCUT2D eigenvalue weighted by molar-refractivity contribution is 1.51. The molecule has 42 valence electrons. The molecule has 0 aliphatic carbocycles. The predicted molar refractivity (Wildman–Crippen MR) is 36.0 cm³/mol. The zero-order valence-corrected chi connectivity index (χ0v) is 4.50. The number of para-hydroxylation sites is 1. The number of anilines is 1. The topological polar surface area (TPSA) is 12.0 Å². The first kappa shape index (κ1) is 1.76. The van der Waals surface area contributed by atoms with Crippen LogP contribution in [0.1, 0.15) is 6.85 Å². The first-order chi connectivity index (χ1) is 6.00. The highest BCUT2D eigenvalue weighted by atomic mass is 14.8. The van der Waals surface area contributed by atoms with Gasteiger partial charge in [0.25, 0.3) is 0 Å². The maximum atomic E-state index is 7.40. The van der Waals surface area contributed by atoms with E-state index in [0.717, 1.165) is 0 Å². The van der Waals surface area contributed by atoms with E-state index >= 15 is 0 Å². The highest BCUT2D eigenvalue weighted by molar-refractivity contribution is 5.41. The molecule has 0 spiro atoms. The van der Waals surface area contributed by atoms with E-state index in [1.54, 1.807) is 0 Å². The quantitative estimate of drug-likeness (QED) is 0.590. The highest BCUT2D eigenvalue weighted by Crippen LogP contribution is 2.01. The monoisotopic (exact) mass is 117 g/mol. The van der Waals surface area contributed by atoms with E-state index in [0.29, 0.717) is 0 Å². The summed E-state index contributed by atoms with van der Waals surface area (Å²) in [6, 6.07) is -1.40. The molecule has 1 N–H and O–H groups in total. The maximum absolute atomic E-state index is 7.40. The molecule has 1 heteroatoms. The average molecular weight is 117 g/mol.